The molecule has 0 saturated carbocycles. The molecule has 113 valence electrons. The molecule has 0 aliphatic carbocycles. The Morgan fingerprint density at radius 3 is 1.36 bits per heavy atom. The molecular weight excluding hydrogens is 307 g/mol. The first kappa shape index (κ1) is 16.7. The van der Waals surface area contributed by atoms with Gasteiger partial charge in [-0.25, -0.2) is 0 Å². The molecule has 3 rings (SSSR count). The van der Waals surface area contributed by atoms with Crippen molar-refractivity contribution in [3.63, 3.8) is 0 Å². The first-order valence-electron chi connectivity index (χ1n) is 7.30. The molecular formula is C20H21ClP. The lowest BCUT2D eigenvalue weighted by Gasteiger charge is -2.34. The van der Waals surface area contributed by atoms with Gasteiger partial charge in [-0.1, -0.05) is 98.3 Å². The van der Waals surface area contributed by atoms with Crippen LogP contribution in [0.5, 0.6) is 0 Å². The first-order chi connectivity index (χ1) is 10.3. The minimum atomic E-state index is -1.40. The SMILES string of the molecule is C[P](Cc1ccccc1)(c1ccccc1)c1ccccc1.Cl. The molecule has 0 aliphatic rings. The minimum absolute atomic E-state index is 0. The van der Waals surface area contributed by atoms with E-state index in [1.54, 1.807) is 0 Å². The van der Waals surface area contributed by atoms with Crippen LogP contribution in [-0.2, 0) is 6.16 Å². The number of hydrogen-bond donors (Lipinski definition) is 0. The highest BCUT2D eigenvalue weighted by Gasteiger charge is 2.26. The maximum Gasteiger partial charge on any atom is -0.00335 e. The Morgan fingerprint density at radius 2 is 0.955 bits per heavy atom. The highest BCUT2D eigenvalue weighted by molar-refractivity contribution is 7.88. The van der Waals surface area contributed by atoms with Gasteiger partial charge in [0.15, 0.2) is 0 Å². The van der Waals surface area contributed by atoms with Crippen LogP contribution < -0.4 is 10.6 Å². The second kappa shape index (κ2) is 7.58. The summed E-state index contributed by atoms with van der Waals surface area (Å²) in [5.74, 6) is 0. The van der Waals surface area contributed by atoms with Crippen LogP contribution in [0.3, 0.4) is 0 Å². The second-order valence-corrected chi connectivity index (χ2v) is 9.24. The van der Waals surface area contributed by atoms with Gasteiger partial charge in [-0.3, -0.25) is 0 Å². The van der Waals surface area contributed by atoms with Gasteiger partial charge in [-0.05, 0) is 29.0 Å². The Morgan fingerprint density at radius 1 is 0.591 bits per heavy atom. The summed E-state index contributed by atoms with van der Waals surface area (Å²) >= 11 is 0. The molecule has 1 radical (unpaired) electrons. The minimum Gasteiger partial charge on any atom is -0.147 e. The van der Waals surface area contributed by atoms with Crippen molar-refractivity contribution in [2.75, 3.05) is 6.66 Å². The number of rotatable bonds is 4. The Kier molecular flexibility index (Phi) is 5.77. The van der Waals surface area contributed by atoms with Crippen molar-refractivity contribution in [2.45, 2.75) is 6.16 Å². The molecule has 0 aromatic heterocycles. The molecule has 2 heteroatoms. The highest BCUT2D eigenvalue weighted by atomic mass is 35.5. The van der Waals surface area contributed by atoms with Gasteiger partial charge in [0.25, 0.3) is 0 Å². The summed E-state index contributed by atoms with van der Waals surface area (Å²) < 4.78 is 0. The molecule has 3 aromatic rings. The van der Waals surface area contributed by atoms with Crippen molar-refractivity contribution < 1.29 is 0 Å². The maximum atomic E-state index is 2.45. The van der Waals surface area contributed by atoms with Crippen molar-refractivity contribution in [1.29, 1.82) is 0 Å². The Labute approximate surface area is 140 Å². The topological polar surface area (TPSA) is 0 Å². The fourth-order valence-electron chi connectivity index (χ4n) is 2.79. The molecule has 0 amide bonds. The van der Waals surface area contributed by atoms with Crippen LogP contribution >= 0.6 is 19.7 Å². The fourth-order valence-corrected chi connectivity index (χ4v) is 6.06. The van der Waals surface area contributed by atoms with E-state index in [4.69, 9.17) is 0 Å². The van der Waals surface area contributed by atoms with Crippen molar-refractivity contribution >= 4 is 30.3 Å². The predicted molar refractivity (Wildman–Crippen MR) is 102 cm³/mol. The lowest BCUT2D eigenvalue weighted by molar-refractivity contribution is 1.39. The number of halogens is 1. The summed E-state index contributed by atoms with van der Waals surface area (Å²) in [7, 11) is -1.40. The van der Waals surface area contributed by atoms with E-state index in [1.165, 1.54) is 16.2 Å². The van der Waals surface area contributed by atoms with Gasteiger partial charge < -0.3 is 0 Å². The Balaban J connectivity index is 0.00000176. The van der Waals surface area contributed by atoms with E-state index >= 15 is 0 Å². The van der Waals surface area contributed by atoms with E-state index < -0.39 is 7.26 Å². The van der Waals surface area contributed by atoms with Gasteiger partial charge in [0.1, 0.15) is 0 Å². The number of benzene rings is 3. The zero-order valence-corrected chi connectivity index (χ0v) is 14.4. The van der Waals surface area contributed by atoms with Gasteiger partial charge in [0, 0.05) is 0 Å². The van der Waals surface area contributed by atoms with Crippen LogP contribution in [0.15, 0.2) is 91.0 Å². The van der Waals surface area contributed by atoms with Crippen molar-refractivity contribution in [2.24, 2.45) is 0 Å². The third-order valence-corrected chi connectivity index (χ3v) is 7.87. The van der Waals surface area contributed by atoms with E-state index in [-0.39, 0.29) is 12.4 Å². The maximum absolute atomic E-state index is 2.45. The van der Waals surface area contributed by atoms with Crippen LogP contribution in [0.2, 0.25) is 0 Å². The van der Waals surface area contributed by atoms with Gasteiger partial charge >= 0.3 is 0 Å². The normalized spacial score (nSPS) is 10.8. The molecule has 22 heavy (non-hydrogen) atoms. The molecule has 0 N–H and O–H groups in total. The highest BCUT2D eigenvalue weighted by Crippen LogP contribution is 2.55. The first-order valence-corrected chi connectivity index (χ1v) is 9.72. The smallest absolute Gasteiger partial charge is 0.00335 e. The monoisotopic (exact) mass is 327 g/mol. The lowest BCUT2D eigenvalue weighted by atomic mass is 10.2. The molecule has 0 nitrogen and oxygen atoms in total. The molecule has 0 fully saturated rings. The van der Waals surface area contributed by atoms with Crippen LogP contribution in [-0.4, -0.2) is 6.66 Å². The molecule has 3 aromatic carbocycles. The zero-order chi connectivity index (χ0) is 14.5. The molecule has 0 bridgehead atoms. The average Bonchev–Trinajstić information content (AvgIpc) is 2.57. The van der Waals surface area contributed by atoms with E-state index in [1.807, 2.05) is 0 Å². The standard InChI is InChI=1S/C20H20P.ClH/c1-21(19-13-7-3-8-14-19,20-15-9-4-10-16-20)17-18-11-5-2-6-12-18;/h2-16H,17H2,1H3;1H. The van der Waals surface area contributed by atoms with E-state index in [0.29, 0.717) is 0 Å². The molecule has 0 spiro atoms. The van der Waals surface area contributed by atoms with E-state index in [0.717, 1.165) is 6.16 Å². The fraction of sp³-hybridized carbons (Fsp3) is 0.100. The lowest BCUT2D eigenvalue weighted by Crippen LogP contribution is -2.22. The van der Waals surface area contributed by atoms with E-state index in [9.17, 15) is 0 Å². The van der Waals surface area contributed by atoms with Crippen molar-refractivity contribution in [3.05, 3.63) is 96.6 Å². The summed E-state index contributed by atoms with van der Waals surface area (Å²) in [4.78, 5) is 0. The molecule has 0 saturated heterocycles. The third kappa shape index (κ3) is 3.58. The Hall–Kier alpha value is -1.62. The van der Waals surface area contributed by atoms with Gasteiger partial charge in [0.2, 0.25) is 0 Å². The summed E-state index contributed by atoms with van der Waals surface area (Å²) in [6, 6.07) is 32.8. The van der Waals surface area contributed by atoms with E-state index in [2.05, 4.69) is 97.7 Å². The second-order valence-electron chi connectivity index (χ2n) is 5.51. The van der Waals surface area contributed by atoms with Crippen LogP contribution in [0.25, 0.3) is 0 Å². The predicted octanol–water partition coefficient (Wildman–Crippen LogP) is 4.91. The van der Waals surface area contributed by atoms with Crippen molar-refractivity contribution in [1.82, 2.24) is 0 Å². The van der Waals surface area contributed by atoms with Gasteiger partial charge in [0.05, 0.1) is 0 Å². The Bertz CT molecular complexity index is 641. The number of hydrogen-bond acceptors (Lipinski definition) is 0. The molecule has 0 aliphatic heterocycles. The molecule has 0 atom stereocenters. The summed E-state index contributed by atoms with van der Waals surface area (Å²) in [6.07, 6.45) is 1.11. The summed E-state index contributed by atoms with van der Waals surface area (Å²) in [5, 5.41) is 2.94. The quantitative estimate of drug-likeness (QED) is 0.597. The van der Waals surface area contributed by atoms with Crippen molar-refractivity contribution in [3.8, 4) is 0 Å². The molecule has 0 unspecified atom stereocenters. The zero-order valence-electron chi connectivity index (χ0n) is 12.7. The van der Waals surface area contributed by atoms with Crippen LogP contribution in [0.1, 0.15) is 5.56 Å². The van der Waals surface area contributed by atoms with Gasteiger partial charge in [-0.15, -0.1) is 12.4 Å². The van der Waals surface area contributed by atoms with Gasteiger partial charge in [-0.2, -0.15) is 0 Å². The summed E-state index contributed by atoms with van der Waals surface area (Å²) in [6.45, 7) is 2.45. The summed E-state index contributed by atoms with van der Waals surface area (Å²) in [5.41, 5.74) is 1.42. The largest absolute Gasteiger partial charge is 0.147 e. The third-order valence-electron chi connectivity index (χ3n) is 3.99. The average molecular weight is 328 g/mol. The molecule has 0 heterocycles. The van der Waals surface area contributed by atoms with Crippen LogP contribution in [0.4, 0.5) is 0 Å². The van der Waals surface area contributed by atoms with Crippen LogP contribution in [0, 0.1) is 0 Å².